The second kappa shape index (κ2) is 9.65. The van der Waals surface area contributed by atoms with Crippen LogP contribution in [0.1, 0.15) is 29.0 Å². The van der Waals surface area contributed by atoms with Crippen molar-refractivity contribution in [3.05, 3.63) is 93.5 Å². The van der Waals surface area contributed by atoms with E-state index in [2.05, 4.69) is 22.7 Å². The van der Waals surface area contributed by atoms with Gasteiger partial charge in [0.15, 0.2) is 11.5 Å². The van der Waals surface area contributed by atoms with Crippen molar-refractivity contribution in [2.45, 2.75) is 18.9 Å². The topological polar surface area (TPSA) is 42.8 Å². The zero-order valence-electron chi connectivity index (χ0n) is 16.3. The Morgan fingerprint density at radius 2 is 1.77 bits per heavy atom. The number of benzene rings is 3. The van der Waals surface area contributed by atoms with Crippen molar-refractivity contribution in [2.24, 2.45) is 5.10 Å². The van der Waals surface area contributed by atoms with Gasteiger partial charge in [-0.25, -0.2) is 0 Å². The summed E-state index contributed by atoms with van der Waals surface area (Å²) in [6.07, 6.45) is 0. The maximum absolute atomic E-state index is 6.09. The van der Waals surface area contributed by atoms with Gasteiger partial charge in [0, 0.05) is 5.56 Å². The van der Waals surface area contributed by atoms with Gasteiger partial charge in [-0.3, -0.25) is 5.43 Å². The summed E-state index contributed by atoms with van der Waals surface area (Å²) < 4.78 is 11.8. The number of hydrogen-bond acceptors (Lipinski definition) is 5. The largest absolute Gasteiger partial charge is 0.490 e. The predicted octanol–water partition coefficient (Wildman–Crippen LogP) is 6.67. The Balaban J connectivity index is 1.47. The normalized spacial score (nSPS) is 15.4. The summed E-state index contributed by atoms with van der Waals surface area (Å²) in [6.45, 7) is 2.87. The van der Waals surface area contributed by atoms with Crippen LogP contribution in [0.5, 0.6) is 11.5 Å². The number of hydrazone groups is 1. The molecule has 7 heteroatoms. The number of thioether (sulfide) groups is 1. The van der Waals surface area contributed by atoms with Gasteiger partial charge in [0.1, 0.15) is 17.0 Å². The van der Waals surface area contributed by atoms with Gasteiger partial charge < -0.3 is 9.47 Å². The lowest BCUT2D eigenvalue weighted by molar-refractivity contribution is 0.269. The first-order chi connectivity index (χ1) is 14.6. The summed E-state index contributed by atoms with van der Waals surface area (Å²) in [5.41, 5.74) is 6.31. The second-order valence-electron chi connectivity index (χ2n) is 6.59. The Labute approximate surface area is 190 Å². The van der Waals surface area contributed by atoms with Crippen LogP contribution >= 0.6 is 35.0 Å². The van der Waals surface area contributed by atoms with E-state index in [-0.39, 0.29) is 5.37 Å². The van der Waals surface area contributed by atoms with Gasteiger partial charge in [0.05, 0.1) is 16.7 Å². The first-order valence-corrected chi connectivity index (χ1v) is 11.2. The van der Waals surface area contributed by atoms with Crippen molar-refractivity contribution >= 4 is 40.0 Å². The fourth-order valence-electron chi connectivity index (χ4n) is 3.00. The quantitative estimate of drug-likeness (QED) is 0.429. The standard InChI is InChI=1S/C23H20Cl2N2O2S/c1-2-28-21-13-17(23-27-26-22(30-23)16-6-4-3-5-7-16)9-11-20(21)29-14-15-8-10-18(24)19(25)12-15/h3-13,23,27H,2,14H2,1H3/t23-/m0/s1. The summed E-state index contributed by atoms with van der Waals surface area (Å²) in [5, 5.41) is 6.51. The van der Waals surface area contributed by atoms with Crippen LogP contribution in [0, 0.1) is 0 Å². The molecule has 0 aromatic heterocycles. The molecular weight excluding hydrogens is 439 g/mol. The molecular formula is C23H20Cl2N2O2S. The molecule has 1 heterocycles. The lowest BCUT2D eigenvalue weighted by Crippen LogP contribution is -2.07. The fraction of sp³-hybridized carbons (Fsp3) is 0.174. The van der Waals surface area contributed by atoms with Gasteiger partial charge in [0.2, 0.25) is 0 Å². The molecule has 0 spiro atoms. The SMILES string of the molecule is CCOc1cc([C@H]2NN=C(c3ccccc3)S2)ccc1OCc1ccc(Cl)c(Cl)c1. The summed E-state index contributed by atoms with van der Waals surface area (Å²) in [5.74, 6) is 1.38. The Kier molecular flexibility index (Phi) is 6.72. The summed E-state index contributed by atoms with van der Waals surface area (Å²) in [4.78, 5) is 0. The summed E-state index contributed by atoms with van der Waals surface area (Å²) in [7, 11) is 0. The lowest BCUT2D eigenvalue weighted by Gasteiger charge is -2.16. The van der Waals surface area contributed by atoms with Crippen molar-refractivity contribution in [3.63, 3.8) is 0 Å². The smallest absolute Gasteiger partial charge is 0.161 e. The molecule has 0 amide bonds. The third-order valence-corrected chi connectivity index (χ3v) is 6.38. The molecule has 0 saturated heterocycles. The molecule has 3 aromatic carbocycles. The van der Waals surface area contributed by atoms with Crippen molar-refractivity contribution in [1.82, 2.24) is 5.43 Å². The highest BCUT2D eigenvalue weighted by molar-refractivity contribution is 8.14. The number of ether oxygens (including phenoxy) is 2. The van der Waals surface area contributed by atoms with E-state index in [1.54, 1.807) is 23.9 Å². The zero-order valence-corrected chi connectivity index (χ0v) is 18.6. The first-order valence-electron chi connectivity index (χ1n) is 9.53. The van der Waals surface area contributed by atoms with Crippen molar-refractivity contribution in [3.8, 4) is 11.5 Å². The van der Waals surface area contributed by atoms with Gasteiger partial charge in [-0.2, -0.15) is 5.10 Å². The molecule has 4 rings (SSSR count). The van der Waals surface area contributed by atoms with Gasteiger partial charge >= 0.3 is 0 Å². The minimum absolute atomic E-state index is 0.0172. The summed E-state index contributed by atoms with van der Waals surface area (Å²) in [6, 6.07) is 21.6. The van der Waals surface area contributed by atoms with E-state index < -0.39 is 0 Å². The molecule has 0 bridgehead atoms. The highest BCUT2D eigenvalue weighted by Gasteiger charge is 2.23. The molecule has 4 nitrogen and oxygen atoms in total. The third kappa shape index (κ3) is 4.86. The number of nitrogens with zero attached hydrogens (tertiary/aromatic N) is 1. The molecule has 154 valence electrons. The van der Waals surface area contributed by atoms with Crippen molar-refractivity contribution in [2.75, 3.05) is 6.61 Å². The van der Waals surface area contributed by atoms with Crippen molar-refractivity contribution in [1.29, 1.82) is 0 Å². The minimum atomic E-state index is 0.0172. The third-order valence-electron chi connectivity index (χ3n) is 4.48. The molecule has 1 aliphatic heterocycles. The van der Waals surface area contributed by atoms with Gasteiger partial charge in [-0.1, -0.05) is 77.4 Å². The van der Waals surface area contributed by atoms with Gasteiger partial charge in [0.25, 0.3) is 0 Å². The van der Waals surface area contributed by atoms with Crippen molar-refractivity contribution < 1.29 is 9.47 Å². The van der Waals surface area contributed by atoms with Crippen LogP contribution in [-0.4, -0.2) is 11.7 Å². The van der Waals surface area contributed by atoms with E-state index in [1.807, 2.05) is 49.4 Å². The van der Waals surface area contributed by atoms with Crippen LogP contribution in [0.15, 0.2) is 71.8 Å². The highest BCUT2D eigenvalue weighted by Crippen LogP contribution is 2.38. The maximum atomic E-state index is 6.09. The van der Waals surface area contributed by atoms with Gasteiger partial charge in [-0.05, 0) is 42.3 Å². The average molecular weight is 459 g/mol. The molecule has 1 aliphatic rings. The van der Waals surface area contributed by atoms with E-state index in [1.165, 1.54) is 0 Å². The molecule has 0 radical (unpaired) electrons. The van der Waals surface area contributed by atoms with Gasteiger partial charge in [-0.15, -0.1) is 0 Å². The molecule has 30 heavy (non-hydrogen) atoms. The highest BCUT2D eigenvalue weighted by atomic mass is 35.5. The molecule has 0 unspecified atom stereocenters. The van der Waals surface area contributed by atoms with Crippen LogP contribution in [-0.2, 0) is 6.61 Å². The average Bonchev–Trinajstić information content (AvgIpc) is 3.26. The van der Waals surface area contributed by atoms with E-state index in [0.29, 0.717) is 34.8 Å². The second-order valence-corrected chi connectivity index (χ2v) is 8.49. The summed E-state index contributed by atoms with van der Waals surface area (Å²) >= 11 is 13.8. The van der Waals surface area contributed by atoms with Crippen LogP contribution in [0.2, 0.25) is 10.0 Å². The zero-order chi connectivity index (χ0) is 20.9. The number of nitrogens with one attached hydrogen (secondary N) is 1. The predicted molar refractivity (Wildman–Crippen MR) is 125 cm³/mol. The fourth-order valence-corrected chi connectivity index (χ4v) is 4.31. The Morgan fingerprint density at radius 1 is 0.933 bits per heavy atom. The minimum Gasteiger partial charge on any atom is -0.490 e. The number of hydrogen-bond donors (Lipinski definition) is 1. The van der Waals surface area contributed by atoms with E-state index in [0.717, 1.165) is 21.7 Å². The van der Waals surface area contributed by atoms with Crippen LogP contribution < -0.4 is 14.9 Å². The molecule has 0 saturated carbocycles. The monoisotopic (exact) mass is 458 g/mol. The van der Waals surface area contributed by atoms with Crippen LogP contribution in [0.25, 0.3) is 0 Å². The molecule has 0 aliphatic carbocycles. The molecule has 1 atom stereocenters. The van der Waals surface area contributed by atoms with Crippen LogP contribution in [0.4, 0.5) is 0 Å². The van der Waals surface area contributed by atoms with E-state index >= 15 is 0 Å². The molecule has 1 N–H and O–H groups in total. The van der Waals surface area contributed by atoms with E-state index in [9.17, 15) is 0 Å². The van der Waals surface area contributed by atoms with Crippen LogP contribution in [0.3, 0.4) is 0 Å². The van der Waals surface area contributed by atoms with E-state index in [4.69, 9.17) is 32.7 Å². The Bertz CT molecular complexity index is 1060. The first kappa shape index (κ1) is 20.9. The lowest BCUT2D eigenvalue weighted by atomic mass is 10.2. The Morgan fingerprint density at radius 3 is 2.53 bits per heavy atom. The number of halogens is 2. The molecule has 3 aromatic rings. The molecule has 0 fully saturated rings. The maximum Gasteiger partial charge on any atom is 0.161 e. The number of rotatable bonds is 7. The Hall–Kier alpha value is -2.34.